The third-order valence-corrected chi connectivity index (χ3v) is 4.13. The molecule has 3 rings (SSSR count). The molecule has 1 aliphatic carbocycles. The molecule has 1 aliphatic rings. The quantitative estimate of drug-likeness (QED) is 0.631. The predicted octanol–water partition coefficient (Wildman–Crippen LogP) is 3.88. The summed E-state index contributed by atoms with van der Waals surface area (Å²) >= 11 is 0. The molecule has 2 aromatic rings. The average Bonchev–Trinajstić information content (AvgIpc) is 3.00. The summed E-state index contributed by atoms with van der Waals surface area (Å²) in [6.07, 6.45) is 1.98. The summed E-state index contributed by atoms with van der Waals surface area (Å²) in [6.45, 7) is 1.45. The normalized spacial score (nSPS) is 14.1. The third-order valence-electron chi connectivity index (χ3n) is 4.13. The summed E-state index contributed by atoms with van der Waals surface area (Å²) in [4.78, 5) is 24.4. The number of fused-ring (bicyclic) bond motifs is 1. The number of carbonyl (C=O) groups is 2. The van der Waals surface area contributed by atoms with Crippen molar-refractivity contribution in [1.29, 1.82) is 0 Å². The highest BCUT2D eigenvalue weighted by molar-refractivity contribution is 6.01. The first-order valence-corrected chi connectivity index (χ1v) is 7.77. The van der Waals surface area contributed by atoms with Crippen molar-refractivity contribution >= 4 is 11.8 Å². The van der Waals surface area contributed by atoms with E-state index in [-0.39, 0.29) is 11.3 Å². The van der Waals surface area contributed by atoms with Crippen molar-refractivity contribution in [3.05, 3.63) is 70.3 Å². The second-order valence-electron chi connectivity index (χ2n) is 5.91. The molecule has 0 heterocycles. The van der Waals surface area contributed by atoms with Crippen LogP contribution >= 0.6 is 0 Å². The third kappa shape index (κ3) is 3.35. The molecule has 2 aromatic carbocycles. The molecule has 124 valence electrons. The number of benzene rings is 2. The molecule has 0 N–H and O–H groups in total. The van der Waals surface area contributed by atoms with Crippen LogP contribution in [0.15, 0.2) is 36.4 Å². The largest absolute Gasteiger partial charge is 0.451 e. The highest BCUT2D eigenvalue weighted by atomic mass is 19.1. The van der Waals surface area contributed by atoms with E-state index in [4.69, 9.17) is 4.74 Å². The van der Waals surface area contributed by atoms with Gasteiger partial charge in [0.2, 0.25) is 5.78 Å². The van der Waals surface area contributed by atoms with Crippen LogP contribution in [0.4, 0.5) is 8.78 Å². The van der Waals surface area contributed by atoms with Gasteiger partial charge in [-0.15, -0.1) is 0 Å². The van der Waals surface area contributed by atoms with Gasteiger partial charge in [-0.25, -0.2) is 13.6 Å². The lowest BCUT2D eigenvalue weighted by molar-refractivity contribution is 0.0318. The first-order valence-electron chi connectivity index (χ1n) is 7.77. The van der Waals surface area contributed by atoms with E-state index in [9.17, 15) is 18.4 Å². The van der Waals surface area contributed by atoms with Gasteiger partial charge in [-0.2, -0.15) is 0 Å². The molecule has 0 aliphatic heterocycles. The number of hydrogen-bond acceptors (Lipinski definition) is 3. The molecular formula is C19H16F2O3. The summed E-state index contributed by atoms with van der Waals surface area (Å²) in [5.41, 5.74) is 2.60. The Bertz CT molecular complexity index is 794. The molecule has 0 spiro atoms. The van der Waals surface area contributed by atoms with Crippen LogP contribution in [0.1, 0.15) is 45.2 Å². The Labute approximate surface area is 138 Å². The minimum Gasteiger partial charge on any atom is -0.451 e. The Hall–Kier alpha value is -2.56. The second-order valence-corrected chi connectivity index (χ2v) is 5.91. The molecule has 0 radical (unpaired) electrons. The Balaban J connectivity index is 1.73. The van der Waals surface area contributed by atoms with Gasteiger partial charge in [-0.3, -0.25) is 4.79 Å². The van der Waals surface area contributed by atoms with Crippen molar-refractivity contribution in [1.82, 2.24) is 0 Å². The molecule has 0 aromatic heterocycles. The smallest absolute Gasteiger partial charge is 0.339 e. The van der Waals surface area contributed by atoms with E-state index in [0.29, 0.717) is 11.6 Å². The number of halogens is 2. The van der Waals surface area contributed by atoms with E-state index < -0.39 is 23.7 Å². The van der Waals surface area contributed by atoms with Crippen LogP contribution < -0.4 is 0 Å². The monoisotopic (exact) mass is 330 g/mol. The summed E-state index contributed by atoms with van der Waals surface area (Å²) in [7, 11) is 0. The zero-order chi connectivity index (χ0) is 17.3. The molecule has 0 saturated carbocycles. The second kappa shape index (κ2) is 6.51. The Morgan fingerprint density at radius 2 is 1.62 bits per heavy atom. The Morgan fingerprint density at radius 1 is 0.958 bits per heavy atom. The number of carbonyl (C=O) groups excluding carboxylic acids is 2. The van der Waals surface area contributed by atoms with Crippen molar-refractivity contribution in [2.24, 2.45) is 0 Å². The minimum absolute atomic E-state index is 0.263. The van der Waals surface area contributed by atoms with Gasteiger partial charge >= 0.3 is 5.97 Å². The average molecular weight is 330 g/mol. The molecule has 24 heavy (non-hydrogen) atoms. The molecule has 0 bridgehead atoms. The minimum atomic E-state index is -1.04. The Morgan fingerprint density at radius 3 is 2.33 bits per heavy atom. The number of ether oxygens (including phenoxy) is 1. The molecule has 0 unspecified atom stereocenters. The molecule has 0 saturated heterocycles. The lowest BCUT2D eigenvalue weighted by atomic mass is 10.0. The predicted molar refractivity (Wildman–Crippen MR) is 84.0 cm³/mol. The van der Waals surface area contributed by atoms with E-state index >= 15 is 0 Å². The van der Waals surface area contributed by atoms with Gasteiger partial charge in [0.1, 0.15) is 11.6 Å². The maximum Gasteiger partial charge on any atom is 0.339 e. The van der Waals surface area contributed by atoms with Gasteiger partial charge in [-0.1, -0.05) is 12.1 Å². The number of aryl methyl sites for hydroxylation is 2. The highest BCUT2D eigenvalue weighted by Crippen LogP contribution is 2.23. The summed E-state index contributed by atoms with van der Waals surface area (Å²) in [5, 5.41) is 0. The maximum atomic E-state index is 13.2. The lowest BCUT2D eigenvalue weighted by Gasteiger charge is -2.13. The van der Waals surface area contributed by atoms with Crippen molar-refractivity contribution in [2.45, 2.75) is 32.3 Å². The SMILES string of the molecule is C[C@H](OC(=O)c1cc(F)cc(F)c1)C(=O)c1ccc2c(c1)CCC2. The van der Waals surface area contributed by atoms with E-state index in [1.165, 1.54) is 12.5 Å². The molecular weight excluding hydrogens is 314 g/mol. The fourth-order valence-corrected chi connectivity index (χ4v) is 2.91. The maximum absolute atomic E-state index is 13.2. The van der Waals surface area contributed by atoms with Gasteiger partial charge < -0.3 is 4.74 Å². The van der Waals surface area contributed by atoms with Crippen LogP contribution in [0.5, 0.6) is 0 Å². The topological polar surface area (TPSA) is 43.4 Å². The summed E-state index contributed by atoms with van der Waals surface area (Å²) in [5.74, 6) is -3.02. The molecule has 5 heteroatoms. The summed E-state index contributed by atoms with van der Waals surface area (Å²) in [6, 6.07) is 7.88. The van der Waals surface area contributed by atoms with Crippen molar-refractivity contribution in [2.75, 3.05) is 0 Å². The van der Waals surface area contributed by atoms with Crippen LogP contribution in [-0.2, 0) is 17.6 Å². The number of ketones is 1. The van der Waals surface area contributed by atoms with Crippen LogP contribution in [0.2, 0.25) is 0 Å². The van der Waals surface area contributed by atoms with Crippen LogP contribution in [0.3, 0.4) is 0 Å². The van der Waals surface area contributed by atoms with Gasteiger partial charge in [0, 0.05) is 11.6 Å². The van der Waals surface area contributed by atoms with Gasteiger partial charge in [0.15, 0.2) is 6.10 Å². The van der Waals surface area contributed by atoms with Gasteiger partial charge in [0.05, 0.1) is 5.56 Å². The molecule has 0 fully saturated rings. The van der Waals surface area contributed by atoms with Crippen molar-refractivity contribution in [3.63, 3.8) is 0 Å². The molecule has 1 atom stereocenters. The highest BCUT2D eigenvalue weighted by Gasteiger charge is 2.22. The molecule has 3 nitrogen and oxygen atoms in total. The van der Waals surface area contributed by atoms with E-state index in [0.717, 1.165) is 37.0 Å². The van der Waals surface area contributed by atoms with Crippen LogP contribution in [-0.4, -0.2) is 17.9 Å². The van der Waals surface area contributed by atoms with Crippen LogP contribution in [0, 0.1) is 11.6 Å². The van der Waals surface area contributed by atoms with Gasteiger partial charge in [-0.05, 0) is 55.5 Å². The summed E-state index contributed by atoms with van der Waals surface area (Å²) < 4.78 is 31.4. The zero-order valence-electron chi connectivity index (χ0n) is 13.1. The number of hydrogen-bond donors (Lipinski definition) is 0. The molecule has 0 amide bonds. The van der Waals surface area contributed by atoms with E-state index in [1.54, 1.807) is 6.07 Å². The number of rotatable bonds is 4. The first kappa shape index (κ1) is 16.3. The fraction of sp³-hybridized carbons (Fsp3) is 0.263. The fourth-order valence-electron chi connectivity index (χ4n) is 2.91. The Kier molecular flexibility index (Phi) is 4.42. The first-order chi connectivity index (χ1) is 11.4. The van der Waals surface area contributed by atoms with Crippen LogP contribution in [0.25, 0.3) is 0 Å². The number of Topliss-reactive ketones (excluding diaryl/α,β-unsaturated/α-hetero) is 1. The van der Waals surface area contributed by atoms with E-state index in [2.05, 4.69) is 0 Å². The number of esters is 1. The van der Waals surface area contributed by atoms with Crippen molar-refractivity contribution in [3.8, 4) is 0 Å². The standard InChI is InChI=1S/C19H16F2O3/c1-11(24-19(23)15-8-16(20)10-17(21)9-15)18(22)14-6-5-12-3-2-4-13(12)7-14/h5-11H,2-4H2,1H3/t11-/m0/s1. The zero-order valence-corrected chi connectivity index (χ0v) is 13.1. The van der Waals surface area contributed by atoms with E-state index in [1.807, 2.05) is 12.1 Å². The van der Waals surface area contributed by atoms with Crippen molar-refractivity contribution < 1.29 is 23.1 Å². The lowest BCUT2D eigenvalue weighted by Crippen LogP contribution is -2.24. The van der Waals surface area contributed by atoms with Gasteiger partial charge in [0.25, 0.3) is 0 Å².